The van der Waals surface area contributed by atoms with Crippen LogP contribution in [0, 0.1) is 6.92 Å². The molecule has 0 aliphatic carbocycles. The predicted octanol–water partition coefficient (Wildman–Crippen LogP) is 3.71. The van der Waals surface area contributed by atoms with Gasteiger partial charge in [0, 0.05) is 5.56 Å². The highest BCUT2D eigenvalue weighted by Gasteiger charge is 2.24. The van der Waals surface area contributed by atoms with E-state index in [4.69, 9.17) is 4.98 Å². The lowest BCUT2D eigenvalue weighted by Crippen LogP contribution is -2.86. The number of nitrogens with two attached hydrogens (primary N) is 1. The van der Waals surface area contributed by atoms with Gasteiger partial charge in [-0.1, -0.05) is 48.0 Å². The minimum absolute atomic E-state index is 0.00992. The van der Waals surface area contributed by atoms with Crippen LogP contribution in [0.5, 0.6) is 0 Å². The number of nitrogens with zero attached hydrogens (tertiary/aromatic N) is 1. The topological polar surface area (TPSA) is 62.4 Å². The second-order valence-corrected chi connectivity index (χ2v) is 7.83. The Morgan fingerprint density at radius 3 is 2.56 bits per heavy atom. The third kappa shape index (κ3) is 3.70. The van der Waals surface area contributed by atoms with Crippen LogP contribution in [0.2, 0.25) is 0 Å². The number of fused-ring (bicyclic) bond motifs is 1. The molecule has 0 saturated carbocycles. The smallest absolute Gasteiger partial charge is 0.258 e. The van der Waals surface area contributed by atoms with Crippen LogP contribution in [0.3, 0.4) is 0 Å². The van der Waals surface area contributed by atoms with E-state index in [-0.39, 0.29) is 17.6 Å². The summed E-state index contributed by atoms with van der Waals surface area (Å²) in [6.45, 7) is 4.18. The van der Waals surface area contributed by atoms with E-state index in [0.29, 0.717) is 11.2 Å². The molecule has 3 N–H and O–H groups in total. The molecular weight excluding hydrogens is 354 g/mol. The zero-order chi connectivity index (χ0) is 18.8. The van der Waals surface area contributed by atoms with Gasteiger partial charge in [0.1, 0.15) is 12.1 Å². The molecular formula is C22H22N3OS+. The second kappa shape index (κ2) is 7.47. The van der Waals surface area contributed by atoms with E-state index in [0.717, 1.165) is 5.52 Å². The van der Waals surface area contributed by atoms with Crippen molar-refractivity contribution in [3.05, 3.63) is 98.2 Å². The molecule has 2 heterocycles. The number of thiophene rings is 1. The van der Waals surface area contributed by atoms with E-state index in [9.17, 15) is 4.79 Å². The van der Waals surface area contributed by atoms with Gasteiger partial charge < -0.3 is 10.3 Å². The van der Waals surface area contributed by atoms with Crippen LogP contribution in [0.25, 0.3) is 10.9 Å². The monoisotopic (exact) mass is 376 g/mol. The second-order valence-electron chi connectivity index (χ2n) is 6.85. The quantitative estimate of drug-likeness (QED) is 0.558. The van der Waals surface area contributed by atoms with Crippen molar-refractivity contribution in [2.45, 2.75) is 25.9 Å². The minimum Gasteiger partial charge on any atom is -0.327 e. The van der Waals surface area contributed by atoms with E-state index in [2.05, 4.69) is 65.9 Å². The number of rotatable bonds is 5. The number of benzene rings is 2. The van der Waals surface area contributed by atoms with Crippen molar-refractivity contribution in [1.82, 2.24) is 9.97 Å². The number of H-pyrrole nitrogens is 1. The Kier molecular flexibility index (Phi) is 4.88. The first-order valence-electron chi connectivity index (χ1n) is 9.06. The molecule has 4 nitrogen and oxygen atoms in total. The highest BCUT2D eigenvalue weighted by atomic mass is 32.1. The molecule has 2 aromatic heterocycles. The first-order valence-corrected chi connectivity index (χ1v) is 9.93. The van der Waals surface area contributed by atoms with Gasteiger partial charge in [-0.15, -0.1) is 11.3 Å². The Morgan fingerprint density at radius 1 is 1.04 bits per heavy atom. The van der Waals surface area contributed by atoms with Crippen LogP contribution >= 0.6 is 11.3 Å². The first-order chi connectivity index (χ1) is 13.1. The highest BCUT2D eigenvalue weighted by Crippen LogP contribution is 2.24. The molecule has 4 rings (SSSR count). The van der Waals surface area contributed by atoms with Crippen molar-refractivity contribution in [1.29, 1.82) is 0 Å². The Morgan fingerprint density at radius 2 is 1.81 bits per heavy atom. The van der Waals surface area contributed by atoms with E-state index < -0.39 is 0 Å². The lowest BCUT2D eigenvalue weighted by molar-refractivity contribution is -0.723. The van der Waals surface area contributed by atoms with Crippen molar-refractivity contribution in [3.8, 4) is 0 Å². The molecule has 136 valence electrons. The number of nitrogens with one attached hydrogen (secondary N) is 1. The molecule has 0 aliphatic heterocycles. The predicted molar refractivity (Wildman–Crippen MR) is 110 cm³/mol. The van der Waals surface area contributed by atoms with Gasteiger partial charge in [0.05, 0.1) is 15.8 Å². The summed E-state index contributed by atoms with van der Waals surface area (Å²) in [4.78, 5) is 21.4. The summed E-state index contributed by atoms with van der Waals surface area (Å²) in [6.07, 6.45) is 0. The van der Waals surface area contributed by atoms with Crippen molar-refractivity contribution in [2.75, 3.05) is 0 Å². The molecule has 2 atom stereocenters. The number of para-hydroxylation sites is 1. The average molecular weight is 377 g/mol. The summed E-state index contributed by atoms with van der Waals surface area (Å²) in [6, 6.07) is 20.5. The van der Waals surface area contributed by atoms with Crippen LogP contribution in [0.15, 0.2) is 70.8 Å². The zero-order valence-electron chi connectivity index (χ0n) is 15.3. The number of hydrogen-bond acceptors (Lipinski definition) is 3. The molecule has 0 bridgehead atoms. The maximum atomic E-state index is 12.4. The molecule has 4 aromatic rings. The van der Waals surface area contributed by atoms with Crippen LogP contribution < -0.4 is 10.9 Å². The molecule has 0 fully saturated rings. The van der Waals surface area contributed by atoms with E-state index in [1.165, 1.54) is 16.0 Å². The number of aromatic nitrogens is 2. The lowest BCUT2D eigenvalue weighted by Gasteiger charge is -2.19. The molecule has 27 heavy (non-hydrogen) atoms. The average Bonchev–Trinajstić information content (AvgIpc) is 3.21. The number of aryl methyl sites for hydroxylation is 1. The third-order valence-corrected chi connectivity index (χ3v) is 5.79. The summed E-state index contributed by atoms with van der Waals surface area (Å²) in [7, 11) is 0. The normalized spacial score (nSPS) is 13.6. The van der Waals surface area contributed by atoms with Crippen molar-refractivity contribution < 1.29 is 5.32 Å². The minimum atomic E-state index is -0.0844. The summed E-state index contributed by atoms with van der Waals surface area (Å²) in [5.74, 6) is 0.701. The fourth-order valence-electron chi connectivity index (χ4n) is 3.31. The van der Waals surface area contributed by atoms with Crippen LogP contribution in [-0.2, 0) is 0 Å². The Bertz CT molecular complexity index is 1100. The van der Waals surface area contributed by atoms with Crippen LogP contribution in [0.1, 0.15) is 40.8 Å². The fraction of sp³-hybridized carbons (Fsp3) is 0.182. The van der Waals surface area contributed by atoms with Gasteiger partial charge >= 0.3 is 0 Å². The largest absolute Gasteiger partial charge is 0.327 e. The molecule has 0 amide bonds. The summed E-state index contributed by atoms with van der Waals surface area (Å²) < 4.78 is 0. The fourth-order valence-corrected chi connectivity index (χ4v) is 4.14. The van der Waals surface area contributed by atoms with Gasteiger partial charge in [-0.2, -0.15) is 0 Å². The number of quaternary nitrogens is 1. The molecule has 0 spiro atoms. The van der Waals surface area contributed by atoms with Crippen molar-refractivity contribution in [2.24, 2.45) is 0 Å². The van der Waals surface area contributed by atoms with E-state index in [1.54, 1.807) is 17.4 Å². The standard InChI is InChI=1S/C22H21N3OS/c1-14-9-11-16(12-10-14)20(19-8-5-13-27-19)23-15(2)21-24-18-7-4-3-6-17(18)22(26)25-21/h3-13,15,20,23H,1-2H3,(H,24,25,26)/p+1/t15-,20+/m0/s1. The molecule has 0 aliphatic rings. The number of aromatic amines is 1. The van der Waals surface area contributed by atoms with Gasteiger partial charge in [-0.05, 0) is 37.4 Å². The highest BCUT2D eigenvalue weighted by molar-refractivity contribution is 7.10. The Hall–Kier alpha value is -2.76. The molecule has 0 radical (unpaired) electrons. The summed E-state index contributed by atoms with van der Waals surface area (Å²) in [5.41, 5.74) is 3.15. The van der Waals surface area contributed by atoms with Gasteiger partial charge in [0.2, 0.25) is 0 Å². The molecule has 0 saturated heterocycles. The van der Waals surface area contributed by atoms with Gasteiger partial charge in [0.15, 0.2) is 5.82 Å². The first kappa shape index (κ1) is 17.6. The zero-order valence-corrected chi connectivity index (χ0v) is 16.2. The van der Waals surface area contributed by atoms with E-state index >= 15 is 0 Å². The maximum Gasteiger partial charge on any atom is 0.258 e. The molecule has 2 aromatic carbocycles. The van der Waals surface area contributed by atoms with Gasteiger partial charge in [-0.25, -0.2) is 4.98 Å². The van der Waals surface area contributed by atoms with Crippen molar-refractivity contribution in [3.63, 3.8) is 0 Å². The Balaban J connectivity index is 1.69. The molecule has 5 heteroatoms. The van der Waals surface area contributed by atoms with Crippen LogP contribution in [-0.4, -0.2) is 9.97 Å². The van der Waals surface area contributed by atoms with Gasteiger partial charge in [-0.3, -0.25) is 4.79 Å². The van der Waals surface area contributed by atoms with Crippen LogP contribution in [0.4, 0.5) is 0 Å². The van der Waals surface area contributed by atoms with Crippen molar-refractivity contribution >= 4 is 22.2 Å². The lowest BCUT2D eigenvalue weighted by atomic mass is 10.0. The maximum absolute atomic E-state index is 12.4. The third-order valence-electron chi connectivity index (χ3n) is 4.83. The van der Waals surface area contributed by atoms with E-state index in [1.807, 2.05) is 18.2 Å². The number of hydrogen-bond donors (Lipinski definition) is 2. The van der Waals surface area contributed by atoms with Gasteiger partial charge in [0.25, 0.3) is 5.56 Å². The summed E-state index contributed by atoms with van der Waals surface area (Å²) in [5, 5.41) is 5.00. The molecule has 0 unspecified atom stereocenters. The Labute approximate surface area is 161 Å². The SMILES string of the molecule is Cc1ccc([C@@H]([NH2+][C@@H](C)c2nc3ccccc3c(=O)[nH]2)c2cccs2)cc1. The summed E-state index contributed by atoms with van der Waals surface area (Å²) >= 11 is 1.75.